The van der Waals surface area contributed by atoms with E-state index >= 15 is 0 Å². The molecule has 1 aromatic heterocycles. The van der Waals surface area contributed by atoms with Crippen LogP contribution in [0, 0.1) is 19.8 Å². The number of likely N-dealkylation sites (N-methyl/N-ethyl adjacent to an activating group) is 1. The fraction of sp³-hybridized carbons (Fsp3) is 0.476. The molecule has 3 aliphatic rings. The van der Waals surface area contributed by atoms with Crippen LogP contribution in [0.1, 0.15) is 40.2 Å². The second-order valence-corrected chi connectivity index (χ2v) is 7.87. The van der Waals surface area contributed by atoms with Crippen molar-refractivity contribution in [3.63, 3.8) is 0 Å². The Labute approximate surface area is 159 Å². The smallest absolute Gasteiger partial charge is 0.253 e. The van der Waals surface area contributed by atoms with Crippen molar-refractivity contribution in [2.24, 2.45) is 5.92 Å². The molecule has 2 amide bonds. The number of aryl methyl sites for hydroxylation is 2. The summed E-state index contributed by atoms with van der Waals surface area (Å²) in [5.41, 5.74) is 3.84. The highest BCUT2D eigenvalue weighted by Crippen LogP contribution is 2.28. The third-order valence-electron chi connectivity index (χ3n) is 5.86. The Morgan fingerprint density at radius 2 is 2.00 bits per heavy atom. The Kier molecular flexibility index (Phi) is 4.50. The summed E-state index contributed by atoms with van der Waals surface area (Å²) < 4.78 is 1.96. The Balaban J connectivity index is 1.54. The van der Waals surface area contributed by atoms with E-state index in [1.54, 1.807) is 0 Å². The average Bonchev–Trinajstić information content (AvgIpc) is 2.82. The van der Waals surface area contributed by atoms with Crippen molar-refractivity contribution in [3.05, 3.63) is 52.8 Å². The van der Waals surface area contributed by atoms with Gasteiger partial charge in [-0.2, -0.15) is 5.10 Å². The van der Waals surface area contributed by atoms with E-state index in [-0.39, 0.29) is 23.8 Å². The average molecular weight is 366 g/mol. The number of fused-ring (bicyclic) bond motifs is 4. The molecule has 6 heteroatoms. The molecule has 6 nitrogen and oxygen atoms in total. The molecule has 5 rings (SSSR count). The van der Waals surface area contributed by atoms with Crippen LogP contribution in [0.15, 0.2) is 30.3 Å². The summed E-state index contributed by atoms with van der Waals surface area (Å²) in [4.78, 5) is 29.2. The number of nitrogens with zero attached hydrogens (tertiary/aromatic N) is 4. The van der Waals surface area contributed by atoms with Gasteiger partial charge >= 0.3 is 0 Å². The summed E-state index contributed by atoms with van der Waals surface area (Å²) in [6, 6.07) is 9.96. The molecule has 2 bridgehead atoms. The maximum absolute atomic E-state index is 13.1. The van der Waals surface area contributed by atoms with E-state index in [1.165, 1.54) is 0 Å². The first-order valence-electron chi connectivity index (χ1n) is 9.58. The maximum atomic E-state index is 13.1. The lowest BCUT2D eigenvalue weighted by Crippen LogP contribution is -2.45. The lowest BCUT2D eigenvalue weighted by Gasteiger charge is -2.32. The molecule has 27 heavy (non-hydrogen) atoms. The largest absolute Gasteiger partial charge is 0.341 e. The highest BCUT2D eigenvalue weighted by atomic mass is 16.2. The minimum atomic E-state index is -0.0596. The molecule has 3 saturated heterocycles. The Morgan fingerprint density at radius 1 is 1.19 bits per heavy atom. The van der Waals surface area contributed by atoms with Gasteiger partial charge in [-0.05, 0) is 50.5 Å². The van der Waals surface area contributed by atoms with Gasteiger partial charge in [0.2, 0.25) is 5.91 Å². The summed E-state index contributed by atoms with van der Waals surface area (Å²) in [5, 5.41) is 4.51. The molecule has 0 spiro atoms. The van der Waals surface area contributed by atoms with Gasteiger partial charge in [-0.3, -0.25) is 14.3 Å². The monoisotopic (exact) mass is 366 g/mol. The van der Waals surface area contributed by atoms with Gasteiger partial charge in [-0.1, -0.05) is 12.1 Å². The highest BCUT2D eigenvalue weighted by molar-refractivity contribution is 5.95. The van der Waals surface area contributed by atoms with Crippen LogP contribution < -0.4 is 0 Å². The van der Waals surface area contributed by atoms with E-state index in [0.29, 0.717) is 25.2 Å². The van der Waals surface area contributed by atoms with Crippen LogP contribution >= 0.6 is 0 Å². The molecule has 2 atom stereocenters. The number of piperidine rings is 1. The van der Waals surface area contributed by atoms with Gasteiger partial charge in [0.05, 0.1) is 18.2 Å². The molecule has 0 radical (unpaired) electrons. The van der Waals surface area contributed by atoms with Crippen molar-refractivity contribution in [1.29, 1.82) is 0 Å². The number of amides is 2. The van der Waals surface area contributed by atoms with Crippen molar-refractivity contribution >= 4 is 11.8 Å². The summed E-state index contributed by atoms with van der Waals surface area (Å²) in [6.45, 7) is 5.82. The quantitative estimate of drug-likeness (QED) is 0.837. The van der Waals surface area contributed by atoms with E-state index in [9.17, 15) is 9.59 Å². The third kappa shape index (κ3) is 3.36. The van der Waals surface area contributed by atoms with Gasteiger partial charge in [0.25, 0.3) is 5.91 Å². The SMILES string of the molecule is Cc1cc(C)n(Cc2cccc(C(=O)N3CC4CCC(C3)N(C)C4=O)c2)n1. The lowest BCUT2D eigenvalue weighted by atomic mass is 9.95. The maximum Gasteiger partial charge on any atom is 0.253 e. The zero-order valence-electron chi connectivity index (χ0n) is 16.2. The number of hydrogen-bond acceptors (Lipinski definition) is 3. The Morgan fingerprint density at radius 3 is 2.74 bits per heavy atom. The van der Waals surface area contributed by atoms with Gasteiger partial charge in [-0.25, -0.2) is 0 Å². The Bertz CT molecular complexity index is 888. The van der Waals surface area contributed by atoms with Crippen LogP contribution in [0.4, 0.5) is 0 Å². The second kappa shape index (κ2) is 6.83. The predicted octanol–water partition coefficient (Wildman–Crippen LogP) is 2.24. The van der Waals surface area contributed by atoms with E-state index in [2.05, 4.69) is 11.2 Å². The Hall–Kier alpha value is -2.63. The summed E-state index contributed by atoms with van der Waals surface area (Å²) in [7, 11) is 1.86. The first kappa shape index (κ1) is 17.8. The molecule has 4 heterocycles. The van der Waals surface area contributed by atoms with Gasteiger partial charge in [0.15, 0.2) is 0 Å². The summed E-state index contributed by atoms with van der Waals surface area (Å²) >= 11 is 0. The molecule has 3 aliphatic heterocycles. The van der Waals surface area contributed by atoms with Crippen molar-refractivity contribution in [3.8, 4) is 0 Å². The van der Waals surface area contributed by atoms with E-state index in [0.717, 1.165) is 29.8 Å². The predicted molar refractivity (Wildman–Crippen MR) is 102 cm³/mol. The summed E-state index contributed by atoms with van der Waals surface area (Å²) in [5.74, 6) is 0.139. The lowest BCUT2D eigenvalue weighted by molar-refractivity contribution is -0.138. The number of carbonyl (C=O) groups excluding carboxylic acids is 2. The highest BCUT2D eigenvalue weighted by Gasteiger charge is 2.40. The van der Waals surface area contributed by atoms with Crippen molar-refractivity contribution in [2.75, 3.05) is 20.1 Å². The van der Waals surface area contributed by atoms with Gasteiger partial charge in [0.1, 0.15) is 0 Å². The third-order valence-corrected chi connectivity index (χ3v) is 5.86. The minimum Gasteiger partial charge on any atom is -0.341 e. The van der Waals surface area contributed by atoms with Gasteiger partial charge < -0.3 is 9.80 Å². The van der Waals surface area contributed by atoms with Gasteiger partial charge in [-0.15, -0.1) is 0 Å². The summed E-state index contributed by atoms with van der Waals surface area (Å²) in [6.07, 6.45) is 1.87. The van der Waals surface area contributed by atoms with Crippen LogP contribution in [0.2, 0.25) is 0 Å². The zero-order valence-corrected chi connectivity index (χ0v) is 16.2. The van der Waals surface area contributed by atoms with Crippen LogP contribution in [0.5, 0.6) is 0 Å². The molecule has 0 aliphatic carbocycles. The van der Waals surface area contributed by atoms with Crippen LogP contribution in [0.3, 0.4) is 0 Å². The van der Waals surface area contributed by atoms with Crippen LogP contribution in [-0.4, -0.2) is 57.6 Å². The fourth-order valence-electron chi connectivity index (χ4n) is 4.32. The molecule has 0 saturated carbocycles. The van der Waals surface area contributed by atoms with Gasteiger partial charge in [0, 0.05) is 37.4 Å². The number of hydrogen-bond donors (Lipinski definition) is 0. The molecular formula is C21H26N4O2. The molecule has 142 valence electrons. The first-order chi connectivity index (χ1) is 12.9. The standard InChI is InChI=1S/C21H26N4O2/c1-14-9-15(2)25(22-14)11-16-5-4-6-17(10-16)21(27)24-12-18-7-8-19(13-24)23(3)20(18)26/h4-6,9-10,18-19H,7-8,11-13H2,1-3H3. The molecule has 0 N–H and O–H groups in total. The fourth-order valence-corrected chi connectivity index (χ4v) is 4.32. The zero-order chi connectivity index (χ0) is 19.1. The van der Waals surface area contributed by atoms with Crippen LogP contribution in [0.25, 0.3) is 0 Å². The van der Waals surface area contributed by atoms with Crippen LogP contribution in [-0.2, 0) is 11.3 Å². The molecule has 2 unspecified atom stereocenters. The molecule has 3 fully saturated rings. The van der Waals surface area contributed by atoms with E-state index in [4.69, 9.17) is 0 Å². The number of aromatic nitrogens is 2. The van der Waals surface area contributed by atoms with E-state index in [1.807, 2.05) is 59.6 Å². The van der Waals surface area contributed by atoms with Crippen molar-refractivity contribution in [1.82, 2.24) is 19.6 Å². The normalized spacial score (nSPS) is 22.3. The number of carbonyl (C=O) groups is 2. The first-order valence-corrected chi connectivity index (χ1v) is 9.58. The number of rotatable bonds is 3. The van der Waals surface area contributed by atoms with Crippen molar-refractivity contribution in [2.45, 2.75) is 39.3 Å². The number of benzene rings is 1. The van der Waals surface area contributed by atoms with E-state index < -0.39 is 0 Å². The molecule has 1 aromatic carbocycles. The second-order valence-electron chi connectivity index (χ2n) is 7.87. The van der Waals surface area contributed by atoms with Crippen molar-refractivity contribution < 1.29 is 9.59 Å². The topological polar surface area (TPSA) is 58.4 Å². The molecular weight excluding hydrogens is 340 g/mol. The molecule has 2 aromatic rings. The minimum absolute atomic E-state index is 0.0187.